The van der Waals surface area contributed by atoms with E-state index in [4.69, 9.17) is 0 Å². The molecule has 0 radical (unpaired) electrons. The molecule has 3 nitrogen and oxygen atoms in total. The van der Waals surface area contributed by atoms with E-state index in [9.17, 15) is 9.18 Å². The van der Waals surface area contributed by atoms with Crippen LogP contribution < -0.4 is 5.32 Å². The number of halogens is 1. The summed E-state index contributed by atoms with van der Waals surface area (Å²) in [7, 11) is 0. The minimum absolute atomic E-state index is 0.0386. The van der Waals surface area contributed by atoms with E-state index in [1.165, 1.54) is 12.1 Å². The third kappa shape index (κ3) is 2.20. The molecular formula is C15H11FN2O. The van der Waals surface area contributed by atoms with Gasteiger partial charge in [-0.25, -0.2) is 4.39 Å². The predicted molar refractivity (Wildman–Crippen MR) is 72.7 cm³/mol. The molecule has 0 bridgehead atoms. The molecule has 0 aliphatic heterocycles. The Morgan fingerprint density at radius 2 is 1.95 bits per heavy atom. The highest BCUT2D eigenvalue weighted by Crippen LogP contribution is 2.18. The van der Waals surface area contributed by atoms with E-state index < -0.39 is 11.7 Å². The van der Waals surface area contributed by atoms with Gasteiger partial charge in [0.15, 0.2) is 0 Å². The Labute approximate surface area is 109 Å². The fourth-order valence-corrected chi connectivity index (χ4v) is 1.97. The van der Waals surface area contributed by atoms with Crippen LogP contribution >= 0.6 is 0 Å². The van der Waals surface area contributed by atoms with Gasteiger partial charge >= 0.3 is 0 Å². The molecule has 0 fully saturated rings. The van der Waals surface area contributed by atoms with Gasteiger partial charge in [-0.2, -0.15) is 0 Å². The lowest BCUT2D eigenvalue weighted by Gasteiger charge is -2.06. The van der Waals surface area contributed by atoms with Crippen molar-refractivity contribution in [3.63, 3.8) is 0 Å². The highest BCUT2D eigenvalue weighted by molar-refractivity contribution is 6.05. The first kappa shape index (κ1) is 11.5. The van der Waals surface area contributed by atoms with E-state index >= 15 is 0 Å². The zero-order valence-electron chi connectivity index (χ0n) is 9.98. The number of carbonyl (C=O) groups excluding carboxylic acids is 1. The molecule has 0 aliphatic rings. The van der Waals surface area contributed by atoms with Gasteiger partial charge in [0.25, 0.3) is 5.91 Å². The average Bonchev–Trinajstić information content (AvgIpc) is 2.86. The standard InChI is InChI=1S/C15H11FN2O/c16-13-4-2-1-3-12(13)15(19)18-11-5-6-14-10(9-11)7-8-17-14/h1-9,17H,(H,18,19). The van der Waals surface area contributed by atoms with Crippen molar-refractivity contribution in [2.45, 2.75) is 0 Å². The average molecular weight is 254 g/mol. The lowest BCUT2D eigenvalue weighted by molar-refractivity contribution is 0.102. The first-order valence-electron chi connectivity index (χ1n) is 5.87. The maximum Gasteiger partial charge on any atom is 0.258 e. The van der Waals surface area contributed by atoms with Gasteiger partial charge in [0.2, 0.25) is 0 Å². The van der Waals surface area contributed by atoms with Gasteiger partial charge in [0.1, 0.15) is 5.82 Å². The van der Waals surface area contributed by atoms with Crippen molar-refractivity contribution in [2.24, 2.45) is 0 Å². The number of amides is 1. The van der Waals surface area contributed by atoms with Gasteiger partial charge in [0, 0.05) is 22.8 Å². The first-order valence-corrected chi connectivity index (χ1v) is 5.87. The van der Waals surface area contributed by atoms with Gasteiger partial charge in [0.05, 0.1) is 5.56 Å². The minimum Gasteiger partial charge on any atom is -0.361 e. The summed E-state index contributed by atoms with van der Waals surface area (Å²) in [6.07, 6.45) is 1.83. The van der Waals surface area contributed by atoms with Crippen LogP contribution in [0.3, 0.4) is 0 Å². The Balaban J connectivity index is 1.88. The number of fused-ring (bicyclic) bond motifs is 1. The molecule has 3 rings (SSSR count). The Morgan fingerprint density at radius 3 is 2.79 bits per heavy atom. The number of aromatic nitrogens is 1. The molecule has 0 aliphatic carbocycles. The second-order valence-corrected chi connectivity index (χ2v) is 4.21. The van der Waals surface area contributed by atoms with Crippen LogP contribution in [-0.2, 0) is 0 Å². The third-order valence-corrected chi connectivity index (χ3v) is 2.93. The van der Waals surface area contributed by atoms with Crippen molar-refractivity contribution in [3.8, 4) is 0 Å². The van der Waals surface area contributed by atoms with Crippen molar-refractivity contribution in [1.29, 1.82) is 0 Å². The third-order valence-electron chi connectivity index (χ3n) is 2.93. The van der Waals surface area contributed by atoms with Crippen LogP contribution in [0, 0.1) is 5.82 Å². The summed E-state index contributed by atoms with van der Waals surface area (Å²) < 4.78 is 13.5. The Kier molecular flexibility index (Phi) is 2.76. The van der Waals surface area contributed by atoms with Crippen LogP contribution in [0.5, 0.6) is 0 Å². The van der Waals surface area contributed by atoms with E-state index in [0.29, 0.717) is 5.69 Å². The summed E-state index contributed by atoms with van der Waals surface area (Å²) in [5.74, 6) is -0.976. The predicted octanol–water partition coefficient (Wildman–Crippen LogP) is 3.56. The topological polar surface area (TPSA) is 44.9 Å². The number of benzene rings is 2. The fraction of sp³-hybridized carbons (Fsp3) is 0. The van der Waals surface area contributed by atoms with E-state index in [1.54, 1.807) is 18.2 Å². The Bertz CT molecular complexity index is 748. The lowest BCUT2D eigenvalue weighted by Crippen LogP contribution is -2.13. The molecule has 3 aromatic rings. The van der Waals surface area contributed by atoms with Crippen LogP contribution in [0.2, 0.25) is 0 Å². The van der Waals surface area contributed by atoms with Gasteiger partial charge in [-0.15, -0.1) is 0 Å². The second kappa shape index (κ2) is 4.57. The quantitative estimate of drug-likeness (QED) is 0.721. The number of nitrogens with one attached hydrogen (secondary N) is 2. The largest absolute Gasteiger partial charge is 0.361 e. The summed E-state index contributed by atoms with van der Waals surface area (Å²) in [4.78, 5) is 15.0. The monoisotopic (exact) mass is 254 g/mol. The molecule has 0 saturated carbocycles. The Hall–Kier alpha value is -2.62. The van der Waals surface area contributed by atoms with Crippen molar-refractivity contribution >= 4 is 22.5 Å². The normalized spacial score (nSPS) is 10.6. The first-order chi connectivity index (χ1) is 9.24. The molecule has 0 saturated heterocycles. The molecule has 4 heteroatoms. The zero-order valence-corrected chi connectivity index (χ0v) is 9.98. The lowest BCUT2D eigenvalue weighted by atomic mass is 10.2. The summed E-state index contributed by atoms with van der Waals surface area (Å²) in [5, 5.41) is 3.68. The maximum atomic E-state index is 13.5. The fourth-order valence-electron chi connectivity index (χ4n) is 1.97. The summed E-state index contributed by atoms with van der Waals surface area (Å²) >= 11 is 0. The van der Waals surface area contributed by atoms with Gasteiger partial charge < -0.3 is 10.3 Å². The molecule has 2 aromatic carbocycles. The van der Waals surface area contributed by atoms with E-state index in [-0.39, 0.29) is 5.56 Å². The van der Waals surface area contributed by atoms with Gasteiger partial charge in [-0.1, -0.05) is 12.1 Å². The smallest absolute Gasteiger partial charge is 0.258 e. The van der Waals surface area contributed by atoms with E-state index in [2.05, 4.69) is 10.3 Å². The van der Waals surface area contributed by atoms with E-state index in [1.807, 2.05) is 24.4 Å². The minimum atomic E-state index is -0.525. The molecule has 1 aromatic heterocycles. The van der Waals surface area contributed by atoms with Crippen molar-refractivity contribution in [2.75, 3.05) is 5.32 Å². The molecule has 19 heavy (non-hydrogen) atoms. The molecule has 1 amide bonds. The number of hydrogen-bond donors (Lipinski definition) is 2. The number of anilines is 1. The second-order valence-electron chi connectivity index (χ2n) is 4.21. The van der Waals surface area contributed by atoms with Gasteiger partial charge in [-0.05, 0) is 36.4 Å². The molecule has 94 valence electrons. The molecule has 2 N–H and O–H groups in total. The van der Waals surface area contributed by atoms with Crippen LogP contribution in [0.4, 0.5) is 10.1 Å². The molecule has 0 atom stereocenters. The SMILES string of the molecule is O=C(Nc1ccc2[nH]ccc2c1)c1ccccc1F. The molecule has 0 spiro atoms. The highest BCUT2D eigenvalue weighted by atomic mass is 19.1. The van der Waals surface area contributed by atoms with Gasteiger partial charge in [-0.3, -0.25) is 4.79 Å². The van der Waals surface area contributed by atoms with Crippen LogP contribution in [0.1, 0.15) is 10.4 Å². The molecule has 0 unspecified atom stereocenters. The van der Waals surface area contributed by atoms with Crippen LogP contribution in [-0.4, -0.2) is 10.9 Å². The molecule has 1 heterocycles. The maximum absolute atomic E-state index is 13.5. The number of rotatable bonds is 2. The Morgan fingerprint density at radius 1 is 1.11 bits per heavy atom. The summed E-state index contributed by atoms with van der Waals surface area (Å²) in [5.41, 5.74) is 1.67. The molecular weight excluding hydrogens is 243 g/mol. The highest BCUT2D eigenvalue weighted by Gasteiger charge is 2.10. The van der Waals surface area contributed by atoms with Crippen molar-refractivity contribution in [1.82, 2.24) is 4.98 Å². The zero-order chi connectivity index (χ0) is 13.2. The van der Waals surface area contributed by atoms with Crippen LogP contribution in [0.15, 0.2) is 54.7 Å². The summed E-state index contributed by atoms with van der Waals surface area (Å²) in [6, 6.07) is 13.3. The van der Waals surface area contributed by atoms with E-state index in [0.717, 1.165) is 10.9 Å². The summed E-state index contributed by atoms with van der Waals surface area (Å²) in [6.45, 7) is 0. The van der Waals surface area contributed by atoms with Crippen molar-refractivity contribution < 1.29 is 9.18 Å². The van der Waals surface area contributed by atoms with Crippen LogP contribution in [0.25, 0.3) is 10.9 Å². The number of H-pyrrole nitrogens is 1. The number of carbonyl (C=O) groups is 1. The number of aromatic amines is 1. The number of hydrogen-bond acceptors (Lipinski definition) is 1. The van der Waals surface area contributed by atoms with Crippen molar-refractivity contribution in [3.05, 3.63) is 66.1 Å².